The normalized spacial score (nSPS) is 11.6. The Bertz CT molecular complexity index is 808. The van der Waals surface area contributed by atoms with Gasteiger partial charge in [-0.1, -0.05) is 32.0 Å². The zero-order valence-electron chi connectivity index (χ0n) is 15.4. The molecular weight excluding hydrogens is 320 g/mol. The molecule has 1 amide bonds. The van der Waals surface area contributed by atoms with Gasteiger partial charge < -0.3 is 10.0 Å². The molecule has 0 saturated carbocycles. The SMILES string of the molecule is Cc1nc(C(=O)N(C)C(C)(C)C(=O)O)nn1-c1ccccc1C(C)C. The number of nitrogens with zero attached hydrogens (tertiary/aromatic N) is 4. The molecule has 0 fully saturated rings. The molecule has 2 rings (SSSR count). The number of aliphatic carboxylic acids is 1. The van der Waals surface area contributed by atoms with Gasteiger partial charge in [-0.25, -0.2) is 14.5 Å². The fourth-order valence-corrected chi connectivity index (χ4v) is 2.42. The highest BCUT2D eigenvalue weighted by atomic mass is 16.4. The minimum Gasteiger partial charge on any atom is -0.480 e. The molecule has 0 aliphatic rings. The second-order valence-corrected chi connectivity index (χ2v) is 6.84. The molecule has 0 saturated heterocycles. The van der Waals surface area contributed by atoms with Gasteiger partial charge in [0.1, 0.15) is 11.4 Å². The number of hydrogen-bond donors (Lipinski definition) is 1. The molecular formula is C18H24N4O3. The second-order valence-electron chi connectivity index (χ2n) is 6.84. The maximum atomic E-state index is 12.6. The Hall–Kier alpha value is -2.70. The van der Waals surface area contributed by atoms with Crippen molar-refractivity contribution in [3.05, 3.63) is 41.5 Å². The van der Waals surface area contributed by atoms with E-state index in [1.165, 1.54) is 20.9 Å². The topological polar surface area (TPSA) is 88.3 Å². The molecule has 0 aliphatic carbocycles. The van der Waals surface area contributed by atoms with Crippen molar-refractivity contribution in [2.75, 3.05) is 7.05 Å². The zero-order chi connectivity index (χ0) is 18.9. The molecule has 25 heavy (non-hydrogen) atoms. The van der Waals surface area contributed by atoms with Gasteiger partial charge in [0.15, 0.2) is 0 Å². The summed E-state index contributed by atoms with van der Waals surface area (Å²) in [6.07, 6.45) is 0. The molecule has 1 N–H and O–H groups in total. The molecule has 0 bridgehead atoms. The fraction of sp³-hybridized carbons (Fsp3) is 0.444. The number of carboxylic acids is 1. The van der Waals surface area contributed by atoms with E-state index >= 15 is 0 Å². The number of carboxylic acid groups (broad SMARTS) is 1. The Kier molecular flexibility index (Phi) is 4.97. The maximum absolute atomic E-state index is 12.6. The van der Waals surface area contributed by atoms with E-state index in [-0.39, 0.29) is 11.7 Å². The lowest BCUT2D eigenvalue weighted by molar-refractivity contribution is -0.147. The summed E-state index contributed by atoms with van der Waals surface area (Å²) in [4.78, 5) is 29.4. The Morgan fingerprint density at radius 3 is 2.40 bits per heavy atom. The van der Waals surface area contributed by atoms with Crippen molar-refractivity contribution >= 4 is 11.9 Å². The summed E-state index contributed by atoms with van der Waals surface area (Å²) >= 11 is 0. The monoisotopic (exact) mass is 344 g/mol. The van der Waals surface area contributed by atoms with Crippen molar-refractivity contribution < 1.29 is 14.7 Å². The van der Waals surface area contributed by atoms with Gasteiger partial charge in [0.25, 0.3) is 5.91 Å². The maximum Gasteiger partial charge on any atom is 0.329 e. The van der Waals surface area contributed by atoms with Crippen molar-refractivity contribution in [1.82, 2.24) is 19.7 Å². The van der Waals surface area contributed by atoms with Crippen molar-refractivity contribution in [2.45, 2.75) is 46.1 Å². The quantitative estimate of drug-likeness (QED) is 0.901. The van der Waals surface area contributed by atoms with E-state index in [1.807, 2.05) is 24.3 Å². The van der Waals surface area contributed by atoms with Crippen LogP contribution >= 0.6 is 0 Å². The molecule has 1 aromatic heterocycles. The summed E-state index contributed by atoms with van der Waals surface area (Å²) in [6.45, 7) is 8.86. The number of aromatic nitrogens is 3. The van der Waals surface area contributed by atoms with Crippen LogP contribution in [0.15, 0.2) is 24.3 Å². The molecule has 2 aromatic rings. The van der Waals surface area contributed by atoms with E-state index in [1.54, 1.807) is 11.6 Å². The summed E-state index contributed by atoms with van der Waals surface area (Å²) in [6, 6.07) is 7.81. The fourth-order valence-electron chi connectivity index (χ4n) is 2.42. The number of rotatable bonds is 5. The van der Waals surface area contributed by atoms with Gasteiger partial charge in [0, 0.05) is 7.05 Å². The third kappa shape index (κ3) is 3.40. The highest BCUT2D eigenvalue weighted by molar-refractivity contribution is 5.94. The predicted molar refractivity (Wildman–Crippen MR) is 94.0 cm³/mol. The number of benzene rings is 1. The van der Waals surface area contributed by atoms with Crippen LogP contribution in [0.4, 0.5) is 0 Å². The molecule has 1 aromatic carbocycles. The van der Waals surface area contributed by atoms with Gasteiger partial charge in [-0.2, -0.15) is 0 Å². The van der Waals surface area contributed by atoms with E-state index in [2.05, 4.69) is 23.9 Å². The van der Waals surface area contributed by atoms with Gasteiger partial charge >= 0.3 is 5.97 Å². The van der Waals surface area contributed by atoms with E-state index in [0.29, 0.717) is 5.82 Å². The Labute approximate surface area is 147 Å². The summed E-state index contributed by atoms with van der Waals surface area (Å²) in [5.41, 5.74) is 0.599. The van der Waals surface area contributed by atoms with Crippen molar-refractivity contribution in [3.63, 3.8) is 0 Å². The average Bonchev–Trinajstić information content (AvgIpc) is 2.94. The molecule has 7 nitrogen and oxygen atoms in total. The summed E-state index contributed by atoms with van der Waals surface area (Å²) in [5.74, 6) is -0.792. The van der Waals surface area contributed by atoms with Gasteiger partial charge in [0.05, 0.1) is 5.69 Å². The van der Waals surface area contributed by atoms with Crippen molar-refractivity contribution in [2.24, 2.45) is 0 Å². The van der Waals surface area contributed by atoms with Gasteiger partial charge in [-0.3, -0.25) is 4.79 Å². The van der Waals surface area contributed by atoms with E-state index < -0.39 is 17.4 Å². The molecule has 0 spiro atoms. The summed E-state index contributed by atoms with van der Waals surface area (Å²) < 4.78 is 1.63. The van der Waals surface area contributed by atoms with Gasteiger partial charge in [-0.15, -0.1) is 5.10 Å². The first-order chi connectivity index (χ1) is 11.6. The minimum absolute atomic E-state index is 0.0205. The molecule has 0 atom stereocenters. The summed E-state index contributed by atoms with van der Waals surface area (Å²) in [7, 11) is 1.44. The number of likely N-dealkylation sites (N-methyl/N-ethyl adjacent to an activating group) is 1. The molecule has 134 valence electrons. The zero-order valence-corrected chi connectivity index (χ0v) is 15.4. The molecule has 0 unspecified atom stereocenters. The molecule has 0 radical (unpaired) electrons. The third-order valence-corrected chi connectivity index (χ3v) is 4.41. The third-order valence-electron chi connectivity index (χ3n) is 4.41. The number of para-hydroxylation sites is 1. The molecule has 0 aliphatic heterocycles. The minimum atomic E-state index is -1.35. The first kappa shape index (κ1) is 18.6. The van der Waals surface area contributed by atoms with Crippen LogP contribution in [0.1, 0.15) is 55.6 Å². The van der Waals surface area contributed by atoms with E-state index in [4.69, 9.17) is 0 Å². The van der Waals surface area contributed by atoms with E-state index in [0.717, 1.165) is 16.2 Å². The first-order valence-electron chi connectivity index (χ1n) is 8.12. The van der Waals surface area contributed by atoms with Crippen LogP contribution in [0, 0.1) is 6.92 Å². The number of hydrogen-bond acceptors (Lipinski definition) is 4. The highest BCUT2D eigenvalue weighted by Gasteiger charge is 2.37. The standard InChI is InChI=1S/C18H24N4O3/c1-11(2)13-9-7-8-10-14(13)22-12(3)19-15(20-22)16(23)21(6)18(4,5)17(24)25/h7-11H,1-6H3,(H,24,25). The highest BCUT2D eigenvalue weighted by Crippen LogP contribution is 2.23. The van der Waals surface area contributed by atoms with Gasteiger partial charge in [0.2, 0.25) is 5.82 Å². The molecule has 7 heteroatoms. The first-order valence-corrected chi connectivity index (χ1v) is 8.12. The Morgan fingerprint density at radius 1 is 1.24 bits per heavy atom. The van der Waals surface area contributed by atoms with Crippen LogP contribution in [-0.4, -0.2) is 49.2 Å². The number of aryl methyl sites for hydroxylation is 1. The van der Waals surface area contributed by atoms with Crippen LogP contribution in [-0.2, 0) is 4.79 Å². The largest absolute Gasteiger partial charge is 0.480 e. The van der Waals surface area contributed by atoms with Crippen molar-refractivity contribution in [3.8, 4) is 5.69 Å². The Balaban J connectivity index is 2.45. The lowest BCUT2D eigenvalue weighted by atomic mass is 10.0. The van der Waals surface area contributed by atoms with Crippen LogP contribution in [0.25, 0.3) is 5.69 Å². The second kappa shape index (κ2) is 6.66. The Morgan fingerprint density at radius 2 is 1.84 bits per heavy atom. The number of amides is 1. The van der Waals surface area contributed by atoms with Crippen LogP contribution in [0.5, 0.6) is 0 Å². The predicted octanol–water partition coefficient (Wildman–Crippen LogP) is 2.63. The van der Waals surface area contributed by atoms with Gasteiger partial charge in [-0.05, 0) is 38.3 Å². The lowest BCUT2D eigenvalue weighted by Gasteiger charge is -2.30. The van der Waals surface area contributed by atoms with Crippen LogP contribution < -0.4 is 0 Å². The van der Waals surface area contributed by atoms with E-state index in [9.17, 15) is 14.7 Å². The van der Waals surface area contributed by atoms with Crippen molar-refractivity contribution in [1.29, 1.82) is 0 Å². The number of carbonyl (C=O) groups excluding carboxylic acids is 1. The smallest absolute Gasteiger partial charge is 0.329 e. The van der Waals surface area contributed by atoms with Crippen LogP contribution in [0.3, 0.4) is 0 Å². The lowest BCUT2D eigenvalue weighted by Crippen LogP contribution is -2.51. The average molecular weight is 344 g/mol. The summed E-state index contributed by atoms with van der Waals surface area (Å²) in [5, 5.41) is 13.6. The number of carbonyl (C=O) groups is 2. The molecule has 1 heterocycles. The van der Waals surface area contributed by atoms with Crippen LogP contribution in [0.2, 0.25) is 0 Å².